The number of thiazole rings is 1. The summed E-state index contributed by atoms with van der Waals surface area (Å²) < 4.78 is 24.1. The minimum absolute atomic E-state index is 0.151. The van der Waals surface area contributed by atoms with Gasteiger partial charge in [-0.15, -0.1) is 0 Å². The number of thiocyanates is 1. The van der Waals surface area contributed by atoms with Crippen LogP contribution in [0.4, 0.5) is 5.13 Å². The monoisotopic (exact) mass is 435 g/mol. The van der Waals surface area contributed by atoms with E-state index < -0.39 is 9.84 Å². The van der Waals surface area contributed by atoms with E-state index >= 15 is 0 Å². The Hall–Kier alpha value is -1.89. The Morgan fingerprint density at radius 3 is 2.64 bits per heavy atom. The van der Waals surface area contributed by atoms with Gasteiger partial charge in [0.15, 0.2) is 15.0 Å². The first-order chi connectivity index (χ1) is 13.4. The van der Waals surface area contributed by atoms with Gasteiger partial charge >= 0.3 is 0 Å². The van der Waals surface area contributed by atoms with Crippen LogP contribution in [0.2, 0.25) is 0 Å². The summed E-state index contributed by atoms with van der Waals surface area (Å²) in [6.45, 7) is 0. The summed E-state index contributed by atoms with van der Waals surface area (Å²) in [6.07, 6.45) is 8.08. The normalized spacial score (nSPS) is 15.9. The third-order valence-electron chi connectivity index (χ3n) is 4.93. The van der Waals surface area contributed by atoms with Crippen LogP contribution in [0.1, 0.15) is 43.6 Å². The van der Waals surface area contributed by atoms with Gasteiger partial charge in [-0.3, -0.25) is 4.79 Å². The van der Waals surface area contributed by atoms with E-state index in [0.717, 1.165) is 40.8 Å². The molecule has 2 aromatic rings. The number of rotatable bonds is 7. The molecule has 0 unspecified atom stereocenters. The van der Waals surface area contributed by atoms with E-state index in [0.29, 0.717) is 11.0 Å². The molecule has 1 heterocycles. The molecular formula is C19H21N3O3S3. The molecule has 0 aliphatic heterocycles. The molecule has 28 heavy (non-hydrogen) atoms. The lowest BCUT2D eigenvalue weighted by molar-refractivity contribution is -0.118. The number of aromatic nitrogens is 1. The van der Waals surface area contributed by atoms with Crippen LogP contribution in [-0.2, 0) is 14.6 Å². The molecule has 1 atom stereocenters. The summed E-state index contributed by atoms with van der Waals surface area (Å²) in [5.74, 6) is -0.0270. The molecule has 1 N–H and O–H groups in total. The second-order valence-electron chi connectivity index (χ2n) is 6.95. The molecule has 148 valence electrons. The lowest BCUT2D eigenvalue weighted by Crippen LogP contribution is -2.23. The summed E-state index contributed by atoms with van der Waals surface area (Å²) in [4.78, 5) is 17.4. The lowest BCUT2D eigenvalue weighted by atomic mass is 9.87. The number of amides is 1. The van der Waals surface area contributed by atoms with Crippen LogP contribution in [0.25, 0.3) is 0 Å². The maximum absolute atomic E-state index is 13.0. The van der Waals surface area contributed by atoms with Crippen LogP contribution in [0, 0.1) is 16.6 Å². The van der Waals surface area contributed by atoms with E-state index in [-0.39, 0.29) is 16.7 Å². The van der Waals surface area contributed by atoms with Crippen molar-refractivity contribution in [2.45, 2.75) is 47.1 Å². The molecule has 0 bridgehead atoms. The molecule has 1 aromatic carbocycles. The van der Waals surface area contributed by atoms with E-state index in [4.69, 9.17) is 5.26 Å². The van der Waals surface area contributed by atoms with Crippen molar-refractivity contribution in [2.75, 3.05) is 11.6 Å². The number of carbonyl (C=O) groups excluding carboxylic acids is 1. The Kier molecular flexibility index (Phi) is 6.75. The van der Waals surface area contributed by atoms with Crippen LogP contribution in [0.5, 0.6) is 0 Å². The van der Waals surface area contributed by atoms with Gasteiger partial charge in [0, 0.05) is 18.0 Å². The zero-order chi connectivity index (χ0) is 20.1. The Labute approximate surface area is 173 Å². The number of thioether (sulfide) groups is 1. The fourth-order valence-electron chi connectivity index (χ4n) is 3.52. The molecule has 1 amide bonds. The molecule has 6 nitrogen and oxygen atoms in total. The quantitative estimate of drug-likeness (QED) is 0.510. The van der Waals surface area contributed by atoms with Crippen molar-refractivity contribution >= 4 is 44.0 Å². The Morgan fingerprint density at radius 2 is 2.04 bits per heavy atom. The van der Waals surface area contributed by atoms with Crippen molar-refractivity contribution in [2.24, 2.45) is 5.92 Å². The van der Waals surface area contributed by atoms with Crippen molar-refractivity contribution in [1.29, 1.82) is 5.26 Å². The van der Waals surface area contributed by atoms with Gasteiger partial charge in [0.1, 0.15) is 5.40 Å². The van der Waals surface area contributed by atoms with Crippen LogP contribution in [-0.4, -0.2) is 25.6 Å². The molecule has 1 aromatic heterocycles. The second kappa shape index (κ2) is 9.07. The second-order valence-corrected chi connectivity index (χ2v) is 11.1. The van der Waals surface area contributed by atoms with Gasteiger partial charge in [-0.25, -0.2) is 13.4 Å². The van der Waals surface area contributed by atoms with E-state index in [9.17, 15) is 13.2 Å². The van der Waals surface area contributed by atoms with Crippen LogP contribution >= 0.6 is 23.1 Å². The molecule has 1 saturated carbocycles. The number of nitrogens with one attached hydrogen (secondary N) is 1. The average Bonchev–Trinajstić information content (AvgIpc) is 3.31. The number of anilines is 1. The van der Waals surface area contributed by atoms with Crippen molar-refractivity contribution in [1.82, 2.24) is 4.98 Å². The average molecular weight is 436 g/mol. The Balaban J connectivity index is 1.81. The summed E-state index contributed by atoms with van der Waals surface area (Å²) in [5, 5.41) is 14.1. The number of hydrogen-bond acceptors (Lipinski definition) is 7. The molecule has 1 aliphatic carbocycles. The van der Waals surface area contributed by atoms with E-state index in [2.05, 4.69) is 10.3 Å². The molecule has 1 fully saturated rings. The van der Waals surface area contributed by atoms with Gasteiger partial charge in [0.2, 0.25) is 5.91 Å². The predicted octanol–water partition coefficient (Wildman–Crippen LogP) is 4.42. The maximum atomic E-state index is 13.0. The number of carbonyl (C=O) groups is 1. The number of benzene rings is 1. The van der Waals surface area contributed by atoms with E-state index in [1.807, 2.05) is 5.40 Å². The van der Waals surface area contributed by atoms with Crippen molar-refractivity contribution in [3.05, 3.63) is 36.0 Å². The summed E-state index contributed by atoms with van der Waals surface area (Å²) >= 11 is 2.28. The number of nitriles is 1. The smallest absolute Gasteiger partial charge is 0.233 e. The van der Waals surface area contributed by atoms with Gasteiger partial charge in [0.05, 0.1) is 21.2 Å². The first-order valence-corrected chi connectivity index (χ1v) is 12.5. The highest BCUT2D eigenvalue weighted by molar-refractivity contribution is 8.05. The largest absolute Gasteiger partial charge is 0.301 e. The molecule has 1 aliphatic rings. The van der Waals surface area contributed by atoms with Gasteiger partial charge in [-0.05, 0) is 30.0 Å². The minimum Gasteiger partial charge on any atom is -0.301 e. The summed E-state index contributed by atoms with van der Waals surface area (Å²) in [7, 11) is -3.28. The van der Waals surface area contributed by atoms with Crippen molar-refractivity contribution in [3.8, 4) is 5.40 Å². The molecule has 0 saturated heterocycles. The molecule has 0 radical (unpaired) electrons. The summed E-state index contributed by atoms with van der Waals surface area (Å²) in [5.41, 5.74) is 0.806. The van der Waals surface area contributed by atoms with Gasteiger partial charge < -0.3 is 5.32 Å². The zero-order valence-electron chi connectivity index (χ0n) is 15.4. The summed E-state index contributed by atoms with van der Waals surface area (Å²) in [6, 6.07) is 6.58. The number of sulfone groups is 1. The van der Waals surface area contributed by atoms with Crippen LogP contribution < -0.4 is 5.32 Å². The van der Waals surface area contributed by atoms with Crippen molar-refractivity contribution < 1.29 is 13.2 Å². The highest BCUT2D eigenvalue weighted by Gasteiger charge is 2.27. The highest BCUT2D eigenvalue weighted by Crippen LogP contribution is 2.36. The first kappa shape index (κ1) is 20.8. The Bertz CT molecular complexity index is 972. The highest BCUT2D eigenvalue weighted by atomic mass is 32.2. The first-order valence-electron chi connectivity index (χ1n) is 8.99. The van der Waals surface area contributed by atoms with E-state index in [1.165, 1.54) is 30.4 Å². The molecular weight excluding hydrogens is 414 g/mol. The Morgan fingerprint density at radius 1 is 1.36 bits per heavy atom. The van der Waals surface area contributed by atoms with Crippen LogP contribution in [0.3, 0.4) is 0 Å². The maximum Gasteiger partial charge on any atom is 0.233 e. The molecule has 0 spiro atoms. The molecule has 9 heteroatoms. The van der Waals surface area contributed by atoms with E-state index in [1.54, 1.807) is 30.5 Å². The lowest BCUT2D eigenvalue weighted by Gasteiger charge is -2.20. The van der Waals surface area contributed by atoms with Crippen molar-refractivity contribution in [3.63, 3.8) is 0 Å². The fourth-order valence-corrected chi connectivity index (χ4v) is 5.42. The predicted molar refractivity (Wildman–Crippen MR) is 111 cm³/mol. The topological polar surface area (TPSA) is 99.9 Å². The fraction of sp³-hybridized carbons (Fsp3) is 0.421. The number of hydrogen-bond donors (Lipinski definition) is 1. The third kappa shape index (κ3) is 5.34. The minimum atomic E-state index is -3.28. The zero-order valence-corrected chi connectivity index (χ0v) is 17.9. The van der Waals surface area contributed by atoms with Crippen LogP contribution in [0.15, 0.2) is 39.6 Å². The van der Waals surface area contributed by atoms with Gasteiger partial charge in [-0.2, -0.15) is 5.26 Å². The van der Waals surface area contributed by atoms with Gasteiger partial charge in [0.25, 0.3) is 0 Å². The SMILES string of the molecule is CS(=O)(=O)c1ccc([C@@H](CC2CCCC2)C(=O)Nc2ncc(SC#N)s2)cc1. The standard InChI is InChI=1S/C19H21N3O3S3/c1-28(24,25)15-8-6-14(7-9-15)16(10-13-4-2-3-5-13)18(23)22-19-21-11-17(27-19)26-12-20/h6-9,11,13,16H,2-5,10H2,1H3,(H,21,22,23)/t16-/m1/s1. The third-order valence-corrected chi connectivity index (χ3v) is 7.67. The van der Waals surface area contributed by atoms with Gasteiger partial charge in [-0.1, -0.05) is 49.2 Å². The number of nitrogens with zero attached hydrogens (tertiary/aromatic N) is 2. The molecule has 3 rings (SSSR count).